The van der Waals surface area contributed by atoms with Crippen LogP contribution >= 0.6 is 11.8 Å². The lowest BCUT2D eigenvalue weighted by Crippen LogP contribution is -2.04. The van der Waals surface area contributed by atoms with Gasteiger partial charge in [-0.1, -0.05) is 29.5 Å². The molecule has 0 bridgehead atoms. The second kappa shape index (κ2) is 4.72. The Kier molecular flexibility index (Phi) is 3.58. The van der Waals surface area contributed by atoms with Gasteiger partial charge in [-0.15, -0.1) is 0 Å². The van der Waals surface area contributed by atoms with Gasteiger partial charge in [0.2, 0.25) is 5.91 Å². The van der Waals surface area contributed by atoms with E-state index in [1.165, 1.54) is 23.4 Å². The summed E-state index contributed by atoms with van der Waals surface area (Å²) in [7, 11) is 0. The van der Waals surface area contributed by atoms with Crippen LogP contribution in [0.2, 0.25) is 0 Å². The van der Waals surface area contributed by atoms with Gasteiger partial charge >= 0.3 is 0 Å². The Morgan fingerprint density at radius 1 is 1.54 bits per heavy atom. The lowest BCUT2D eigenvalue weighted by atomic mass is 10.2. The van der Waals surface area contributed by atoms with Crippen molar-refractivity contribution in [3.8, 4) is 0 Å². The highest BCUT2D eigenvalue weighted by molar-refractivity contribution is 8.02. The summed E-state index contributed by atoms with van der Waals surface area (Å²) in [5, 5.41) is 1.69. The molecule has 2 nitrogen and oxygen atoms in total. The third-order valence-electron chi connectivity index (χ3n) is 1.43. The molecular formula is C10H11NOS. The molecule has 3 heteroatoms. The molecule has 1 aromatic carbocycles. The minimum Gasteiger partial charge on any atom is -0.366 e. The second-order valence-corrected chi connectivity index (χ2v) is 3.62. The van der Waals surface area contributed by atoms with E-state index in [-0.39, 0.29) is 0 Å². The summed E-state index contributed by atoms with van der Waals surface area (Å²) in [5.74, 6) is -0.417. The number of nitrogens with two attached hydrogens (primary N) is 1. The number of hydrogen-bond donors (Lipinski definition) is 1. The topological polar surface area (TPSA) is 43.1 Å². The van der Waals surface area contributed by atoms with Gasteiger partial charge in [-0.05, 0) is 24.5 Å². The lowest BCUT2D eigenvalue weighted by molar-refractivity contribution is -0.113. The number of primary amides is 1. The van der Waals surface area contributed by atoms with Gasteiger partial charge in [-0.25, -0.2) is 0 Å². The number of benzene rings is 1. The predicted octanol–water partition coefficient (Wildman–Crippen LogP) is 2.09. The summed E-state index contributed by atoms with van der Waals surface area (Å²) >= 11 is 1.48. The van der Waals surface area contributed by atoms with Gasteiger partial charge in [-0.3, -0.25) is 4.79 Å². The van der Waals surface area contributed by atoms with Gasteiger partial charge in [0.15, 0.2) is 0 Å². The molecule has 0 aromatic heterocycles. The van der Waals surface area contributed by atoms with Crippen molar-refractivity contribution in [3.05, 3.63) is 41.3 Å². The first-order valence-corrected chi connectivity index (χ1v) is 4.76. The van der Waals surface area contributed by atoms with Crippen LogP contribution in [0.3, 0.4) is 0 Å². The van der Waals surface area contributed by atoms with E-state index >= 15 is 0 Å². The quantitative estimate of drug-likeness (QED) is 0.590. The zero-order chi connectivity index (χ0) is 9.68. The van der Waals surface area contributed by atoms with Gasteiger partial charge in [-0.2, -0.15) is 0 Å². The largest absolute Gasteiger partial charge is 0.366 e. The standard InChI is InChI=1S/C10H11NOS/c1-8-3-2-4-9(7-8)13-6-5-10(11)12/h2-7H,1H3,(H2,11,12)/b6-5+. The fourth-order valence-corrected chi connectivity index (χ4v) is 1.64. The summed E-state index contributed by atoms with van der Waals surface area (Å²) in [5.41, 5.74) is 6.15. The molecule has 0 saturated carbocycles. The first-order chi connectivity index (χ1) is 6.18. The van der Waals surface area contributed by atoms with Crippen LogP contribution in [0.1, 0.15) is 5.56 Å². The third-order valence-corrected chi connectivity index (χ3v) is 2.22. The molecule has 0 heterocycles. The Balaban J connectivity index is 2.59. The van der Waals surface area contributed by atoms with Crippen LogP contribution in [0.25, 0.3) is 0 Å². The average Bonchev–Trinajstić information content (AvgIpc) is 2.03. The molecule has 0 unspecified atom stereocenters. The number of aryl methyl sites for hydroxylation is 1. The zero-order valence-electron chi connectivity index (χ0n) is 7.36. The van der Waals surface area contributed by atoms with Crippen molar-refractivity contribution in [1.29, 1.82) is 0 Å². The Morgan fingerprint density at radius 2 is 2.31 bits per heavy atom. The highest BCUT2D eigenvalue weighted by Gasteiger charge is 1.90. The first kappa shape index (κ1) is 9.86. The van der Waals surface area contributed by atoms with Crippen LogP contribution in [-0.4, -0.2) is 5.91 Å². The lowest BCUT2D eigenvalue weighted by Gasteiger charge is -1.96. The monoisotopic (exact) mass is 193 g/mol. The molecule has 0 aliphatic carbocycles. The van der Waals surface area contributed by atoms with Crippen LogP contribution in [0.15, 0.2) is 40.6 Å². The Bertz CT molecular complexity index is 333. The van der Waals surface area contributed by atoms with E-state index in [4.69, 9.17) is 5.73 Å². The third kappa shape index (κ3) is 3.80. The Morgan fingerprint density at radius 3 is 2.92 bits per heavy atom. The number of carbonyl (C=O) groups excluding carboxylic acids is 1. The number of rotatable bonds is 3. The van der Waals surface area contributed by atoms with Crippen molar-refractivity contribution in [2.45, 2.75) is 11.8 Å². The van der Waals surface area contributed by atoms with Crippen LogP contribution < -0.4 is 5.73 Å². The molecule has 2 N–H and O–H groups in total. The van der Waals surface area contributed by atoms with E-state index < -0.39 is 5.91 Å². The zero-order valence-corrected chi connectivity index (χ0v) is 8.17. The van der Waals surface area contributed by atoms with Gasteiger partial charge < -0.3 is 5.73 Å². The number of carbonyl (C=O) groups is 1. The van der Waals surface area contributed by atoms with Crippen LogP contribution in [0, 0.1) is 6.92 Å². The van der Waals surface area contributed by atoms with E-state index in [1.807, 2.05) is 25.1 Å². The SMILES string of the molecule is Cc1cccc(S/C=C/C(N)=O)c1. The van der Waals surface area contributed by atoms with E-state index in [0.29, 0.717) is 0 Å². The summed E-state index contributed by atoms with van der Waals surface area (Å²) < 4.78 is 0. The molecule has 0 aliphatic rings. The maximum Gasteiger partial charge on any atom is 0.241 e. The summed E-state index contributed by atoms with van der Waals surface area (Å²) in [6.45, 7) is 2.03. The summed E-state index contributed by atoms with van der Waals surface area (Å²) in [6, 6.07) is 8.05. The maximum atomic E-state index is 10.4. The number of hydrogen-bond acceptors (Lipinski definition) is 2. The number of thioether (sulfide) groups is 1. The highest BCUT2D eigenvalue weighted by atomic mass is 32.2. The van der Waals surface area contributed by atoms with E-state index in [9.17, 15) is 4.79 Å². The second-order valence-electron chi connectivity index (χ2n) is 2.64. The van der Waals surface area contributed by atoms with Crippen molar-refractivity contribution in [2.75, 3.05) is 0 Å². The van der Waals surface area contributed by atoms with Crippen molar-refractivity contribution in [1.82, 2.24) is 0 Å². The van der Waals surface area contributed by atoms with Gasteiger partial charge in [0.05, 0.1) is 0 Å². The highest BCUT2D eigenvalue weighted by Crippen LogP contribution is 2.19. The van der Waals surface area contributed by atoms with Crippen molar-refractivity contribution >= 4 is 17.7 Å². The molecule has 13 heavy (non-hydrogen) atoms. The molecule has 0 atom stereocenters. The minimum atomic E-state index is -0.417. The molecule has 1 amide bonds. The van der Waals surface area contributed by atoms with Crippen molar-refractivity contribution < 1.29 is 4.79 Å². The van der Waals surface area contributed by atoms with Gasteiger partial charge in [0, 0.05) is 11.0 Å². The molecule has 1 aromatic rings. The van der Waals surface area contributed by atoms with Crippen molar-refractivity contribution in [3.63, 3.8) is 0 Å². The van der Waals surface area contributed by atoms with Crippen molar-refractivity contribution in [2.24, 2.45) is 5.73 Å². The molecule has 1 rings (SSSR count). The summed E-state index contributed by atoms with van der Waals surface area (Å²) in [4.78, 5) is 11.5. The Labute approximate surface area is 81.8 Å². The normalized spacial score (nSPS) is 10.5. The number of amides is 1. The minimum absolute atomic E-state index is 0.417. The molecule has 0 spiro atoms. The maximum absolute atomic E-state index is 10.4. The molecule has 68 valence electrons. The van der Waals surface area contributed by atoms with E-state index in [1.54, 1.807) is 5.41 Å². The van der Waals surface area contributed by atoms with Gasteiger partial charge in [0.1, 0.15) is 0 Å². The van der Waals surface area contributed by atoms with Gasteiger partial charge in [0.25, 0.3) is 0 Å². The van der Waals surface area contributed by atoms with E-state index in [0.717, 1.165) is 4.90 Å². The smallest absolute Gasteiger partial charge is 0.241 e. The van der Waals surface area contributed by atoms with Crippen LogP contribution in [0.4, 0.5) is 0 Å². The average molecular weight is 193 g/mol. The first-order valence-electron chi connectivity index (χ1n) is 3.88. The molecule has 0 radical (unpaired) electrons. The van der Waals surface area contributed by atoms with E-state index in [2.05, 4.69) is 6.07 Å². The molecule has 0 saturated heterocycles. The molecule has 0 fully saturated rings. The van der Waals surface area contributed by atoms with Crippen LogP contribution in [-0.2, 0) is 4.79 Å². The molecular weight excluding hydrogens is 182 g/mol. The fraction of sp³-hybridized carbons (Fsp3) is 0.100. The predicted molar refractivity (Wildman–Crippen MR) is 55.4 cm³/mol. The summed E-state index contributed by atoms with van der Waals surface area (Å²) in [6.07, 6.45) is 1.35. The fourth-order valence-electron chi connectivity index (χ4n) is 0.868. The van der Waals surface area contributed by atoms with Crippen LogP contribution in [0.5, 0.6) is 0 Å². The molecule has 0 aliphatic heterocycles. The Hall–Kier alpha value is -1.22.